The lowest BCUT2D eigenvalue weighted by Gasteiger charge is -2.13. The summed E-state index contributed by atoms with van der Waals surface area (Å²) in [7, 11) is 0. The molecule has 0 amide bonds. The molecule has 3 heterocycles. The van der Waals surface area contributed by atoms with E-state index in [1.54, 1.807) is 0 Å². The average Bonchev–Trinajstić information content (AvgIpc) is 3.73. The lowest BCUT2D eigenvalue weighted by molar-refractivity contribution is 1.15. The van der Waals surface area contributed by atoms with Gasteiger partial charge in [-0.3, -0.25) is 0 Å². The zero-order valence-corrected chi connectivity index (χ0v) is 28.1. The van der Waals surface area contributed by atoms with Gasteiger partial charge in [0.15, 0.2) is 5.82 Å². The van der Waals surface area contributed by atoms with Crippen molar-refractivity contribution in [3.05, 3.63) is 182 Å². The van der Waals surface area contributed by atoms with Gasteiger partial charge in [-0.15, -0.1) is 0 Å². The Bertz CT molecular complexity index is 3120. The molecule has 0 N–H and O–H groups in total. The zero-order valence-electron chi connectivity index (χ0n) is 28.1. The first-order valence-electron chi connectivity index (χ1n) is 17.7. The summed E-state index contributed by atoms with van der Waals surface area (Å²) in [5.74, 6) is 0.712. The minimum atomic E-state index is 0.712. The van der Waals surface area contributed by atoms with E-state index in [4.69, 9.17) is 9.97 Å². The molecule has 8 aromatic carbocycles. The van der Waals surface area contributed by atoms with Crippen molar-refractivity contribution in [1.82, 2.24) is 19.1 Å². The molecule has 4 nitrogen and oxygen atoms in total. The Hall–Kier alpha value is -7.04. The maximum atomic E-state index is 5.25. The van der Waals surface area contributed by atoms with Crippen molar-refractivity contribution in [3.8, 4) is 34.0 Å². The van der Waals surface area contributed by atoms with Crippen LogP contribution >= 0.6 is 0 Å². The summed E-state index contributed by atoms with van der Waals surface area (Å²) < 4.78 is 4.77. The van der Waals surface area contributed by atoms with Gasteiger partial charge in [0, 0.05) is 49.4 Å². The van der Waals surface area contributed by atoms with Crippen LogP contribution in [0.15, 0.2) is 182 Å². The van der Waals surface area contributed by atoms with Crippen LogP contribution in [0, 0.1) is 0 Å². The van der Waals surface area contributed by atoms with Gasteiger partial charge in [-0.2, -0.15) is 0 Å². The minimum absolute atomic E-state index is 0.712. The molecule has 0 aliphatic rings. The Balaban J connectivity index is 1.09. The molecule has 11 aromatic rings. The van der Waals surface area contributed by atoms with Crippen molar-refractivity contribution in [2.75, 3.05) is 0 Å². The lowest BCUT2D eigenvalue weighted by Crippen LogP contribution is -1.98. The molecule has 3 aromatic heterocycles. The fourth-order valence-corrected chi connectivity index (χ4v) is 8.17. The van der Waals surface area contributed by atoms with Gasteiger partial charge in [0.1, 0.15) is 0 Å². The number of hydrogen-bond acceptors (Lipinski definition) is 2. The fraction of sp³-hybridized carbons (Fsp3) is 0. The van der Waals surface area contributed by atoms with E-state index in [2.05, 4.69) is 185 Å². The van der Waals surface area contributed by atoms with Gasteiger partial charge in [0.25, 0.3) is 0 Å². The highest BCUT2D eigenvalue weighted by atomic mass is 15.0. The van der Waals surface area contributed by atoms with Crippen molar-refractivity contribution < 1.29 is 0 Å². The third-order valence-corrected chi connectivity index (χ3v) is 10.5. The van der Waals surface area contributed by atoms with Crippen molar-refractivity contribution >= 4 is 65.3 Å². The van der Waals surface area contributed by atoms with E-state index in [0.29, 0.717) is 5.82 Å². The molecule has 242 valence electrons. The average molecular weight is 663 g/mol. The van der Waals surface area contributed by atoms with Crippen LogP contribution < -0.4 is 0 Å². The molecular weight excluding hydrogens is 633 g/mol. The molecule has 0 spiro atoms. The van der Waals surface area contributed by atoms with Gasteiger partial charge in [0.2, 0.25) is 0 Å². The smallest absolute Gasteiger partial charge is 0.160 e. The Morgan fingerprint density at radius 1 is 0.346 bits per heavy atom. The number of para-hydroxylation sites is 3. The third kappa shape index (κ3) is 4.28. The van der Waals surface area contributed by atoms with Crippen LogP contribution in [0.2, 0.25) is 0 Å². The summed E-state index contributed by atoms with van der Waals surface area (Å²) >= 11 is 0. The summed E-state index contributed by atoms with van der Waals surface area (Å²) in [5.41, 5.74) is 10.9. The van der Waals surface area contributed by atoms with E-state index in [-0.39, 0.29) is 0 Å². The van der Waals surface area contributed by atoms with Crippen LogP contribution in [0.25, 0.3) is 99.3 Å². The molecule has 0 unspecified atom stereocenters. The first-order chi connectivity index (χ1) is 25.8. The first kappa shape index (κ1) is 28.8. The van der Waals surface area contributed by atoms with Crippen LogP contribution in [0.1, 0.15) is 0 Å². The van der Waals surface area contributed by atoms with Crippen LogP contribution in [0.3, 0.4) is 0 Å². The molecular formula is C48H30N4. The maximum absolute atomic E-state index is 5.25. The van der Waals surface area contributed by atoms with Crippen molar-refractivity contribution in [3.63, 3.8) is 0 Å². The largest absolute Gasteiger partial charge is 0.309 e. The number of benzene rings is 8. The molecule has 0 saturated heterocycles. The van der Waals surface area contributed by atoms with Crippen LogP contribution in [-0.2, 0) is 0 Å². The molecule has 0 aliphatic carbocycles. The number of hydrogen-bond donors (Lipinski definition) is 0. The fourth-order valence-electron chi connectivity index (χ4n) is 8.17. The summed E-state index contributed by atoms with van der Waals surface area (Å²) in [6.07, 6.45) is 0. The van der Waals surface area contributed by atoms with E-state index in [1.807, 2.05) is 6.07 Å². The zero-order chi connectivity index (χ0) is 34.2. The number of nitrogens with zero attached hydrogens (tertiary/aromatic N) is 4. The van der Waals surface area contributed by atoms with Gasteiger partial charge in [-0.1, -0.05) is 121 Å². The predicted molar refractivity (Wildman–Crippen MR) is 217 cm³/mol. The Labute approximate surface area is 299 Å². The molecule has 0 aliphatic heterocycles. The van der Waals surface area contributed by atoms with E-state index >= 15 is 0 Å². The van der Waals surface area contributed by atoms with Gasteiger partial charge < -0.3 is 9.13 Å². The molecule has 0 fully saturated rings. The van der Waals surface area contributed by atoms with Crippen LogP contribution in [0.5, 0.6) is 0 Å². The molecule has 11 rings (SSSR count). The molecule has 0 bridgehead atoms. The lowest BCUT2D eigenvalue weighted by atomic mass is 10.00. The Morgan fingerprint density at radius 3 is 1.56 bits per heavy atom. The minimum Gasteiger partial charge on any atom is -0.309 e. The highest BCUT2D eigenvalue weighted by molar-refractivity contribution is 6.13. The Morgan fingerprint density at radius 2 is 0.885 bits per heavy atom. The topological polar surface area (TPSA) is 35.6 Å². The highest BCUT2D eigenvalue weighted by Crippen LogP contribution is 2.38. The van der Waals surface area contributed by atoms with Crippen LogP contribution in [-0.4, -0.2) is 19.1 Å². The quantitative estimate of drug-likeness (QED) is 0.176. The van der Waals surface area contributed by atoms with E-state index < -0.39 is 0 Å². The van der Waals surface area contributed by atoms with Gasteiger partial charge in [0.05, 0.1) is 33.3 Å². The van der Waals surface area contributed by atoms with Crippen molar-refractivity contribution in [2.45, 2.75) is 0 Å². The molecule has 0 saturated carbocycles. The van der Waals surface area contributed by atoms with E-state index in [0.717, 1.165) is 50.0 Å². The van der Waals surface area contributed by atoms with Crippen molar-refractivity contribution in [1.29, 1.82) is 0 Å². The highest BCUT2D eigenvalue weighted by Gasteiger charge is 2.18. The van der Waals surface area contributed by atoms with E-state index in [1.165, 1.54) is 43.5 Å². The SMILES string of the molecule is c1ccc(-c2nc(-c3ccc(-n4c5ccccc5c5ccc(-n6c7ccccc7c7ccccc76)cc54)cc3)nc3ccc4ccccc4c23)cc1. The second-order valence-corrected chi connectivity index (χ2v) is 13.4. The molecule has 0 atom stereocenters. The van der Waals surface area contributed by atoms with Gasteiger partial charge in [-0.25, -0.2) is 9.97 Å². The van der Waals surface area contributed by atoms with Gasteiger partial charge in [-0.05, 0) is 71.4 Å². The molecule has 4 heteroatoms. The second-order valence-electron chi connectivity index (χ2n) is 13.4. The Kier molecular flexibility index (Phi) is 6.22. The normalized spacial score (nSPS) is 11.8. The summed E-state index contributed by atoms with van der Waals surface area (Å²) in [4.78, 5) is 10.4. The third-order valence-electron chi connectivity index (χ3n) is 10.5. The molecule has 0 radical (unpaired) electrons. The monoisotopic (exact) mass is 662 g/mol. The standard InChI is InChI=1S/C48H30N4/c1-2-13-32(14-3-1)47-46-36-15-5-4-12-31(36)24-29-41(46)49-48(50-47)33-22-25-34(26-23-33)51-42-19-9-8-18-39(42)40-28-27-35(30-45(40)51)52-43-20-10-6-16-37(43)38-17-7-11-21-44(38)52/h1-30H. The number of rotatable bonds is 4. The summed E-state index contributed by atoms with van der Waals surface area (Å²) in [6, 6.07) is 64.8. The summed E-state index contributed by atoms with van der Waals surface area (Å²) in [5, 5.41) is 8.39. The van der Waals surface area contributed by atoms with E-state index in [9.17, 15) is 0 Å². The summed E-state index contributed by atoms with van der Waals surface area (Å²) in [6.45, 7) is 0. The maximum Gasteiger partial charge on any atom is 0.160 e. The molecule has 52 heavy (non-hydrogen) atoms. The first-order valence-corrected chi connectivity index (χ1v) is 17.7. The number of aromatic nitrogens is 4. The van der Waals surface area contributed by atoms with Gasteiger partial charge >= 0.3 is 0 Å². The number of fused-ring (bicyclic) bond motifs is 9. The second kappa shape index (κ2) is 11.2. The van der Waals surface area contributed by atoms with Crippen LogP contribution in [0.4, 0.5) is 0 Å². The predicted octanol–water partition coefficient (Wildman–Crippen LogP) is 12.3. The van der Waals surface area contributed by atoms with Crippen molar-refractivity contribution in [2.24, 2.45) is 0 Å².